The number of rotatable bonds is 3. The summed E-state index contributed by atoms with van der Waals surface area (Å²) in [7, 11) is -1.65. The van der Waals surface area contributed by atoms with Crippen LogP contribution in [0.25, 0.3) is 0 Å². The van der Waals surface area contributed by atoms with Crippen LogP contribution in [0.1, 0.15) is 5.56 Å². The fourth-order valence-corrected chi connectivity index (χ4v) is 1.97. The second-order valence-electron chi connectivity index (χ2n) is 4.05. The van der Waals surface area contributed by atoms with Gasteiger partial charge in [-0.2, -0.15) is 0 Å². The summed E-state index contributed by atoms with van der Waals surface area (Å²) in [5.74, 6) is 0. The molecule has 0 bridgehead atoms. The van der Waals surface area contributed by atoms with Gasteiger partial charge in [-0.15, -0.1) is 0 Å². The summed E-state index contributed by atoms with van der Waals surface area (Å²) in [6.45, 7) is 0.331. The van der Waals surface area contributed by atoms with Crippen LogP contribution in [0.4, 0.5) is 0 Å². The molecular formula is C12H10BCl2NO3. The van der Waals surface area contributed by atoms with Gasteiger partial charge in [0, 0.05) is 12.3 Å². The third-order valence-corrected chi connectivity index (χ3v) is 3.39. The summed E-state index contributed by atoms with van der Waals surface area (Å²) in [5, 5.41) is 18.8. The van der Waals surface area contributed by atoms with Crippen molar-refractivity contribution in [2.45, 2.75) is 6.54 Å². The molecule has 2 N–H and O–H groups in total. The van der Waals surface area contributed by atoms with E-state index in [4.69, 9.17) is 33.2 Å². The summed E-state index contributed by atoms with van der Waals surface area (Å²) in [6.07, 6.45) is 1.50. The second-order valence-corrected chi connectivity index (χ2v) is 4.86. The van der Waals surface area contributed by atoms with Gasteiger partial charge in [0.15, 0.2) is 0 Å². The molecule has 19 heavy (non-hydrogen) atoms. The lowest BCUT2D eigenvalue weighted by Crippen LogP contribution is -2.35. The maximum Gasteiger partial charge on any atom is 0.488 e. The molecule has 1 heterocycles. The Hall–Kier alpha value is -1.27. The van der Waals surface area contributed by atoms with Gasteiger partial charge in [0.2, 0.25) is 5.56 Å². The van der Waals surface area contributed by atoms with E-state index >= 15 is 0 Å². The second kappa shape index (κ2) is 5.80. The van der Waals surface area contributed by atoms with Crippen molar-refractivity contribution < 1.29 is 10.0 Å². The number of nitrogens with zero attached hydrogens (tertiary/aromatic N) is 1. The Morgan fingerprint density at radius 2 is 1.84 bits per heavy atom. The van der Waals surface area contributed by atoms with Gasteiger partial charge in [-0.05, 0) is 29.2 Å². The van der Waals surface area contributed by atoms with E-state index in [0.29, 0.717) is 16.6 Å². The molecule has 0 amide bonds. The Kier molecular flexibility index (Phi) is 4.32. The van der Waals surface area contributed by atoms with Gasteiger partial charge >= 0.3 is 7.12 Å². The average Bonchev–Trinajstić information content (AvgIpc) is 2.36. The molecule has 7 heteroatoms. The summed E-state index contributed by atoms with van der Waals surface area (Å²) in [6, 6.07) is 7.78. The number of hydrogen-bond acceptors (Lipinski definition) is 3. The van der Waals surface area contributed by atoms with E-state index in [2.05, 4.69) is 0 Å². The van der Waals surface area contributed by atoms with Gasteiger partial charge in [-0.25, -0.2) is 0 Å². The standard InChI is InChI=1S/C12H10BCl2NO3/c14-10-2-1-8(5-11(10)15)7-16-4-3-9(13(18)19)6-12(16)17/h1-6,18-19H,7H2. The molecule has 0 aliphatic rings. The van der Waals surface area contributed by atoms with Crippen molar-refractivity contribution in [1.82, 2.24) is 4.57 Å². The Morgan fingerprint density at radius 1 is 1.11 bits per heavy atom. The minimum atomic E-state index is -1.65. The van der Waals surface area contributed by atoms with E-state index in [1.165, 1.54) is 22.9 Å². The van der Waals surface area contributed by atoms with Gasteiger partial charge in [0.25, 0.3) is 0 Å². The zero-order valence-corrected chi connectivity index (χ0v) is 11.3. The molecule has 2 rings (SSSR count). The topological polar surface area (TPSA) is 62.5 Å². The van der Waals surface area contributed by atoms with Gasteiger partial charge in [0.1, 0.15) is 0 Å². The summed E-state index contributed by atoms with van der Waals surface area (Å²) >= 11 is 11.7. The van der Waals surface area contributed by atoms with Gasteiger partial charge in [-0.3, -0.25) is 4.79 Å². The molecule has 0 unspecified atom stereocenters. The fraction of sp³-hybridized carbons (Fsp3) is 0.0833. The van der Waals surface area contributed by atoms with Crippen molar-refractivity contribution in [3.05, 3.63) is 62.5 Å². The van der Waals surface area contributed by atoms with Crippen LogP contribution in [-0.4, -0.2) is 21.7 Å². The van der Waals surface area contributed by atoms with Crippen LogP contribution in [-0.2, 0) is 6.54 Å². The Balaban J connectivity index is 2.28. The van der Waals surface area contributed by atoms with Crippen molar-refractivity contribution in [3.63, 3.8) is 0 Å². The zero-order valence-electron chi connectivity index (χ0n) is 9.75. The highest BCUT2D eigenvalue weighted by atomic mass is 35.5. The molecule has 98 valence electrons. The van der Waals surface area contributed by atoms with E-state index in [9.17, 15) is 4.79 Å². The lowest BCUT2D eigenvalue weighted by atomic mass is 9.81. The Morgan fingerprint density at radius 3 is 2.42 bits per heavy atom. The molecule has 1 aromatic heterocycles. The first-order valence-corrected chi connectivity index (χ1v) is 6.23. The minimum absolute atomic E-state index is 0.162. The van der Waals surface area contributed by atoms with Crippen LogP contribution >= 0.6 is 23.2 Å². The van der Waals surface area contributed by atoms with E-state index in [1.54, 1.807) is 18.2 Å². The van der Waals surface area contributed by atoms with Crippen LogP contribution in [0.15, 0.2) is 41.3 Å². The van der Waals surface area contributed by atoms with Crippen LogP contribution in [0, 0.1) is 0 Å². The average molecular weight is 298 g/mol. The molecule has 0 spiro atoms. The molecule has 0 saturated carbocycles. The first-order valence-electron chi connectivity index (χ1n) is 5.48. The molecule has 0 aliphatic heterocycles. The van der Waals surface area contributed by atoms with Crippen molar-refractivity contribution in [1.29, 1.82) is 0 Å². The zero-order chi connectivity index (χ0) is 14.0. The first kappa shape index (κ1) is 14.2. The predicted molar refractivity (Wildman–Crippen MR) is 76.1 cm³/mol. The van der Waals surface area contributed by atoms with Crippen LogP contribution in [0.5, 0.6) is 0 Å². The van der Waals surface area contributed by atoms with E-state index < -0.39 is 7.12 Å². The summed E-state index contributed by atoms with van der Waals surface area (Å²) in [4.78, 5) is 11.8. The third kappa shape index (κ3) is 3.39. The highest BCUT2D eigenvalue weighted by molar-refractivity contribution is 6.58. The summed E-state index contributed by atoms with van der Waals surface area (Å²) in [5.41, 5.74) is 0.667. The van der Waals surface area contributed by atoms with Crippen molar-refractivity contribution in [2.24, 2.45) is 0 Å². The number of hydrogen-bond donors (Lipinski definition) is 2. The molecule has 0 atom stereocenters. The molecule has 0 saturated heterocycles. The first-order chi connectivity index (χ1) is 8.97. The van der Waals surface area contributed by atoms with E-state index in [-0.39, 0.29) is 11.0 Å². The number of aromatic nitrogens is 1. The quantitative estimate of drug-likeness (QED) is 0.827. The van der Waals surface area contributed by atoms with Gasteiger partial charge in [-0.1, -0.05) is 29.3 Å². The molecule has 2 aromatic rings. The smallest absolute Gasteiger partial charge is 0.423 e. The van der Waals surface area contributed by atoms with Crippen molar-refractivity contribution in [3.8, 4) is 0 Å². The maximum absolute atomic E-state index is 11.8. The molecule has 0 aliphatic carbocycles. The molecule has 4 nitrogen and oxygen atoms in total. The molecule has 0 fully saturated rings. The predicted octanol–water partition coefficient (Wildman–Crippen LogP) is 0.883. The Labute approximate surface area is 120 Å². The highest BCUT2D eigenvalue weighted by Gasteiger charge is 2.12. The van der Waals surface area contributed by atoms with Gasteiger partial charge < -0.3 is 14.6 Å². The lowest BCUT2D eigenvalue weighted by molar-refractivity contribution is 0.425. The SMILES string of the molecule is O=c1cc(B(O)O)ccn1Cc1ccc(Cl)c(Cl)c1. The number of pyridine rings is 1. The molecule has 1 aromatic carbocycles. The third-order valence-electron chi connectivity index (χ3n) is 2.66. The van der Waals surface area contributed by atoms with Crippen molar-refractivity contribution in [2.75, 3.05) is 0 Å². The molecule has 0 radical (unpaired) electrons. The fourth-order valence-electron chi connectivity index (χ4n) is 1.65. The summed E-state index contributed by atoms with van der Waals surface area (Å²) < 4.78 is 1.44. The maximum atomic E-state index is 11.8. The van der Waals surface area contributed by atoms with Crippen molar-refractivity contribution >= 4 is 35.8 Å². The minimum Gasteiger partial charge on any atom is -0.423 e. The molecular weight excluding hydrogens is 288 g/mol. The van der Waals surface area contributed by atoms with E-state index in [1.807, 2.05) is 0 Å². The Bertz CT molecular complexity index is 658. The van der Waals surface area contributed by atoms with Crippen LogP contribution < -0.4 is 11.0 Å². The van der Waals surface area contributed by atoms with Crippen LogP contribution in [0.2, 0.25) is 10.0 Å². The van der Waals surface area contributed by atoms with Crippen LogP contribution in [0.3, 0.4) is 0 Å². The monoisotopic (exact) mass is 297 g/mol. The van der Waals surface area contributed by atoms with Gasteiger partial charge in [0.05, 0.1) is 16.6 Å². The normalized spacial score (nSPS) is 10.5. The number of halogens is 2. The van der Waals surface area contributed by atoms with E-state index in [0.717, 1.165) is 5.56 Å². The number of benzene rings is 1. The lowest BCUT2D eigenvalue weighted by Gasteiger charge is -2.08. The largest absolute Gasteiger partial charge is 0.488 e. The highest BCUT2D eigenvalue weighted by Crippen LogP contribution is 2.22.